The van der Waals surface area contributed by atoms with E-state index in [2.05, 4.69) is 22.5 Å². The molecule has 2 rings (SSSR count). The molecule has 7 nitrogen and oxygen atoms in total. The van der Waals surface area contributed by atoms with Gasteiger partial charge in [-0.3, -0.25) is 9.79 Å². The molecule has 1 saturated heterocycles. The maximum atomic E-state index is 11.8. The van der Waals surface area contributed by atoms with E-state index < -0.39 is 0 Å². The first kappa shape index (κ1) is 25.4. The lowest BCUT2D eigenvalue weighted by Crippen LogP contribution is -2.45. The van der Waals surface area contributed by atoms with Crippen molar-refractivity contribution < 1.29 is 19.0 Å². The third kappa shape index (κ3) is 9.73. The lowest BCUT2D eigenvalue weighted by atomic mass is 9.86. The van der Waals surface area contributed by atoms with E-state index in [4.69, 9.17) is 14.2 Å². The molecule has 0 unspecified atom stereocenters. The molecule has 2 fully saturated rings. The number of esters is 1. The number of aliphatic imine (C=N–C) groups is 1. The van der Waals surface area contributed by atoms with Crippen LogP contribution in [-0.2, 0) is 19.0 Å². The van der Waals surface area contributed by atoms with Crippen LogP contribution in [0.3, 0.4) is 0 Å². The van der Waals surface area contributed by atoms with Crippen molar-refractivity contribution >= 4 is 35.9 Å². The van der Waals surface area contributed by atoms with Crippen LogP contribution in [0.15, 0.2) is 4.99 Å². The van der Waals surface area contributed by atoms with Gasteiger partial charge in [0, 0.05) is 39.0 Å². The van der Waals surface area contributed by atoms with Gasteiger partial charge in [0.1, 0.15) is 0 Å². The number of ether oxygens (including phenoxy) is 3. The Morgan fingerprint density at radius 3 is 2.46 bits per heavy atom. The third-order valence-electron chi connectivity index (χ3n) is 5.13. The van der Waals surface area contributed by atoms with Crippen LogP contribution in [0.4, 0.5) is 0 Å². The zero-order valence-corrected chi connectivity index (χ0v) is 19.7. The van der Waals surface area contributed by atoms with Gasteiger partial charge in [-0.2, -0.15) is 0 Å². The number of hydrogen-bond acceptors (Lipinski definition) is 5. The van der Waals surface area contributed by atoms with Gasteiger partial charge in [0.2, 0.25) is 0 Å². The van der Waals surface area contributed by atoms with Gasteiger partial charge in [0.25, 0.3) is 0 Å². The second kappa shape index (κ2) is 15.3. The predicted molar refractivity (Wildman–Crippen MR) is 121 cm³/mol. The average molecular weight is 511 g/mol. The first-order valence-electron chi connectivity index (χ1n) is 10.6. The number of nitrogens with zero attached hydrogens (tertiary/aromatic N) is 1. The summed E-state index contributed by atoms with van der Waals surface area (Å²) >= 11 is 0. The Hall–Kier alpha value is -0.610. The molecule has 1 aliphatic carbocycles. The first-order chi connectivity index (χ1) is 13.2. The molecule has 2 N–H and O–H groups in total. The van der Waals surface area contributed by atoms with Crippen molar-refractivity contribution in [1.82, 2.24) is 10.6 Å². The Kier molecular flexibility index (Phi) is 13.9. The Labute approximate surface area is 186 Å². The Morgan fingerprint density at radius 1 is 1.11 bits per heavy atom. The minimum absolute atomic E-state index is 0. The molecular formula is C20H38IN3O4. The number of halogens is 1. The maximum absolute atomic E-state index is 11.8. The monoisotopic (exact) mass is 511 g/mol. The van der Waals surface area contributed by atoms with Crippen molar-refractivity contribution in [3.8, 4) is 0 Å². The van der Waals surface area contributed by atoms with Crippen molar-refractivity contribution in [1.29, 1.82) is 0 Å². The molecule has 0 bridgehead atoms. The average Bonchev–Trinajstić information content (AvgIpc) is 2.69. The van der Waals surface area contributed by atoms with Gasteiger partial charge >= 0.3 is 5.97 Å². The summed E-state index contributed by atoms with van der Waals surface area (Å²) in [4.78, 5) is 16.5. The first-order valence-corrected chi connectivity index (χ1v) is 10.6. The third-order valence-corrected chi connectivity index (χ3v) is 5.13. The largest absolute Gasteiger partial charge is 0.466 e. The molecule has 1 aliphatic heterocycles. The number of carbonyl (C=O) groups excluding carboxylic acids is 1. The molecule has 0 radical (unpaired) electrons. The van der Waals surface area contributed by atoms with Crippen molar-refractivity contribution in [3.05, 3.63) is 0 Å². The molecule has 0 atom stereocenters. The van der Waals surface area contributed by atoms with Gasteiger partial charge in [-0.05, 0) is 58.8 Å². The minimum Gasteiger partial charge on any atom is -0.466 e. The molecule has 28 heavy (non-hydrogen) atoms. The Balaban J connectivity index is 0.00000392. The zero-order valence-electron chi connectivity index (χ0n) is 17.4. The molecule has 8 heteroatoms. The molecule has 164 valence electrons. The molecule has 0 aromatic carbocycles. The highest BCUT2D eigenvalue weighted by Crippen LogP contribution is 2.25. The summed E-state index contributed by atoms with van der Waals surface area (Å²) in [5.74, 6) is 0.883. The smallest absolute Gasteiger partial charge is 0.308 e. The van der Waals surface area contributed by atoms with E-state index in [1.807, 2.05) is 6.92 Å². The number of hydrogen-bond donors (Lipinski definition) is 2. The highest BCUT2D eigenvalue weighted by molar-refractivity contribution is 14.0. The molecular weight excluding hydrogens is 473 g/mol. The van der Waals surface area contributed by atoms with E-state index in [0.29, 0.717) is 18.8 Å². The zero-order chi connectivity index (χ0) is 19.3. The molecule has 0 aromatic heterocycles. The highest BCUT2D eigenvalue weighted by Gasteiger charge is 2.27. The van der Waals surface area contributed by atoms with Crippen molar-refractivity contribution in [2.45, 2.75) is 70.9 Å². The van der Waals surface area contributed by atoms with Crippen molar-refractivity contribution in [2.24, 2.45) is 10.9 Å². The normalized spacial score (nSPS) is 23.6. The SMILES string of the molecule is CCNC(=NCCCOC1CCOCC1)NC1CCC(C(=O)OCC)CC1.I. The van der Waals surface area contributed by atoms with Crippen LogP contribution < -0.4 is 10.6 Å². The second-order valence-corrected chi connectivity index (χ2v) is 7.24. The minimum atomic E-state index is -0.0407. The van der Waals surface area contributed by atoms with Crippen LogP contribution in [0.1, 0.15) is 58.8 Å². The lowest BCUT2D eigenvalue weighted by molar-refractivity contribution is -0.149. The summed E-state index contributed by atoms with van der Waals surface area (Å²) in [5, 5.41) is 6.83. The summed E-state index contributed by atoms with van der Waals surface area (Å²) in [6.07, 6.45) is 6.99. The fraction of sp³-hybridized carbons (Fsp3) is 0.900. The van der Waals surface area contributed by atoms with Gasteiger partial charge < -0.3 is 24.8 Å². The van der Waals surface area contributed by atoms with E-state index >= 15 is 0 Å². The van der Waals surface area contributed by atoms with E-state index in [-0.39, 0.29) is 35.9 Å². The van der Waals surface area contributed by atoms with Crippen molar-refractivity contribution in [3.63, 3.8) is 0 Å². The van der Waals surface area contributed by atoms with E-state index in [0.717, 1.165) is 83.8 Å². The van der Waals surface area contributed by atoms with Crippen LogP contribution in [-0.4, -0.2) is 63.6 Å². The Bertz CT molecular complexity index is 451. The van der Waals surface area contributed by atoms with Gasteiger partial charge in [-0.25, -0.2) is 0 Å². The molecule has 0 aromatic rings. The van der Waals surface area contributed by atoms with Gasteiger partial charge in [-0.15, -0.1) is 24.0 Å². The van der Waals surface area contributed by atoms with Crippen LogP contribution >= 0.6 is 24.0 Å². The number of guanidine groups is 1. The van der Waals surface area contributed by atoms with Crippen LogP contribution in [0.25, 0.3) is 0 Å². The second-order valence-electron chi connectivity index (χ2n) is 7.24. The van der Waals surface area contributed by atoms with Crippen LogP contribution in [0.2, 0.25) is 0 Å². The topological polar surface area (TPSA) is 81.2 Å². The van der Waals surface area contributed by atoms with E-state index in [1.54, 1.807) is 0 Å². The fourth-order valence-electron chi connectivity index (χ4n) is 3.59. The molecule has 0 amide bonds. The summed E-state index contributed by atoms with van der Waals surface area (Å²) in [7, 11) is 0. The highest BCUT2D eigenvalue weighted by atomic mass is 127. The van der Waals surface area contributed by atoms with Crippen LogP contribution in [0, 0.1) is 5.92 Å². The number of nitrogens with one attached hydrogen (secondary N) is 2. The maximum Gasteiger partial charge on any atom is 0.308 e. The fourth-order valence-corrected chi connectivity index (χ4v) is 3.59. The molecule has 1 saturated carbocycles. The number of rotatable bonds is 9. The van der Waals surface area contributed by atoms with E-state index in [1.165, 1.54) is 0 Å². The predicted octanol–water partition coefficient (Wildman–Crippen LogP) is 2.87. The lowest BCUT2D eigenvalue weighted by Gasteiger charge is -2.29. The summed E-state index contributed by atoms with van der Waals surface area (Å²) in [6, 6.07) is 0.368. The van der Waals surface area contributed by atoms with Crippen molar-refractivity contribution in [2.75, 3.05) is 39.5 Å². The molecule has 1 heterocycles. The van der Waals surface area contributed by atoms with Crippen LogP contribution in [0.5, 0.6) is 0 Å². The Morgan fingerprint density at radius 2 is 1.82 bits per heavy atom. The van der Waals surface area contributed by atoms with E-state index in [9.17, 15) is 4.79 Å². The summed E-state index contributed by atoms with van der Waals surface area (Å²) in [5.41, 5.74) is 0. The quantitative estimate of drug-likeness (QED) is 0.163. The summed E-state index contributed by atoms with van der Waals surface area (Å²) < 4.78 is 16.4. The summed E-state index contributed by atoms with van der Waals surface area (Å²) in [6.45, 7) is 8.36. The standard InChI is InChI=1S/C20H37N3O4.HI/c1-3-21-20(22-12-5-13-27-18-10-14-25-15-11-18)23-17-8-6-16(7-9-17)19(24)26-4-2;/h16-18H,3-15H2,1-2H3,(H2,21,22,23);1H. The number of carbonyl (C=O) groups is 1. The van der Waals surface area contributed by atoms with Gasteiger partial charge in [0.05, 0.1) is 18.6 Å². The van der Waals surface area contributed by atoms with Gasteiger partial charge in [-0.1, -0.05) is 0 Å². The molecule has 2 aliphatic rings. The van der Waals surface area contributed by atoms with Gasteiger partial charge in [0.15, 0.2) is 5.96 Å². The molecule has 0 spiro atoms.